The molecule has 0 nitrogen and oxygen atoms in total. The highest BCUT2D eigenvalue weighted by Crippen LogP contribution is 2.21. The predicted molar refractivity (Wildman–Crippen MR) is 112 cm³/mol. The highest BCUT2D eigenvalue weighted by molar-refractivity contribution is 5.84. The second kappa shape index (κ2) is 7.17. The molecule has 0 aliphatic heterocycles. The summed E-state index contributed by atoms with van der Waals surface area (Å²) in [4.78, 5) is 0. The van der Waals surface area contributed by atoms with Crippen molar-refractivity contribution < 1.29 is 0 Å². The molecule has 4 aromatic rings. The number of aryl methyl sites for hydroxylation is 2. The minimum atomic E-state index is 0.987. The average Bonchev–Trinajstić information content (AvgIpc) is 2.66. The monoisotopic (exact) mass is 336 g/mol. The van der Waals surface area contributed by atoms with E-state index in [1.54, 1.807) is 0 Å². The molecule has 0 unspecified atom stereocenters. The lowest BCUT2D eigenvalue weighted by Gasteiger charge is -2.08. The van der Waals surface area contributed by atoms with Gasteiger partial charge in [0.25, 0.3) is 0 Å². The number of hydrogen-bond donors (Lipinski definition) is 0. The molecular weight excluding hydrogens is 312 g/mol. The topological polar surface area (TPSA) is 0 Å². The molecule has 0 amide bonds. The quantitative estimate of drug-likeness (QED) is 0.392. The molecule has 0 aliphatic carbocycles. The first-order chi connectivity index (χ1) is 12.7. The van der Waals surface area contributed by atoms with Gasteiger partial charge in [0.15, 0.2) is 0 Å². The van der Waals surface area contributed by atoms with Gasteiger partial charge in [-0.2, -0.15) is 0 Å². The second-order valence-corrected chi connectivity index (χ2v) is 7.34. The Bertz CT molecular complexity index is 935. The zero-order valence-corrected chi connectivity index (χ0v) is 15.5. The molecule has 0 aromatic heterocycles. The van der Waals surface area contributed by atoms with Crippen molar-refractivity contribution in [2.24, 2.45) is 0 Å². The van der Waals surface area contributed by atoms with Gasteiger partial charge < -0.3 is 0 Å². The fraction of sp³-hybridized carbons (Fsp3) is 0.154. The van der Waals surface area contributed by atoms with E-state index >= 15 is 0 Å². The van der Waals surface area contributed by atoms with Crippen LogP contribution in [0, 0.1) is 13.8 Å². The molecule has 4 aromatic carbocycles. The van der Waals surface area contributed by atoms with Crippen LogP contribution in [0.15, 0.2) is 84.9 Å². The summed E-state index contributed by atoms with van der Waals surface area (Å²) in [6, 6.07) is 31.4. The van der Waals surface area contributed by atoms with E-state index in [-0.39, 0.29) is 0 Å². The van der Waals surface area contributed by atoms with Crippen LogP contribution in [-0.4, -0.2) is 0 Å². The van der Waals surface area contributed by atoms with Gasteiger partial charge in [0.1, 0.15) is 0 Å². The fourth-order valence-corrected chi connectivity index (χ4v) is 3.45. The molecule has 0 heterocycles. The predicted octanol–water partition coefficient (Wildman–Crippen LogP) is 6.64. The van der Waals surface area contributed by atoms with Gasteiger partial charge in [-0.25, -0.2) is 0 Å². The van der Waals surface area contributed by atoms with Crippen LogP contribution in [0.1, 0.15) is 33.4 Å². The van der Waals surface area contributed by atoms with Crippen molar-refractivity contribution in [1.82, 2.24) is 0 Å². The van der Waals surface area contributed by atoms with Crippen molar-refractivity contribution in [3.63, 3.8) is 0 Å². The van der Waals surface area contributed by atoms with Gasteiger partial charge in [-0.05, 0) is 59.7 Å². The lowest BCUT2D eigenvalue weighted by molar-refractivity contribution is 1.18. The van der Waals surface area contributed by atoms with E-state index in [1.165, 1.54) is 44.2 Å². The van der Waals surface area contributed by atoms with Crippen LogP contribution in [0.2, 0.25) is 0 Å². The van der Waals surface area contributed by atoms with Gasteiger partial charge in [0, 0.05) is 0 Å². The largest absolute Gasteiger partial charge is 0.0590 e. The van der Waals surface area contributed by atoms with Crippen molar-refractivity contribution in [2.45, 2.75) is 26.7 Å². The zero-order chi connectivity index (χ0) is 17.9. The lowest BCUT2D eigenvalue weighted by atomic mass is 9.97. The van der Waals surface area contributed by atoms with Gasteiger partial charge in [-0.3, -0.25) is 0 Å². The third-order valence-corrected chi connectivity index (χ3v) is 5.03. The molecule has 0 aliphatic rings. The van der Waals surface area contributed by atoms with Gasteiger partial charge >= 0.3 is 0 Å². The summed E-state index contributed by atoms with van der Waals surface area (Å²) in [5.74, 6) is 0. The van der Waals surface area contributed by atoms with E-state index < -0.39 is 0 Å². The summed E-state index contributed by atoms with van der Waals surface area (Å²) < 4.78 is 0. The summed E-state index contributed by atoms with van der Waals surface area (Å²) >= 11 is 0. The van der Waals surface area contributed by atoms with E-state index in [4.69, 9.17) is 0 Å². The van der Waals surface area contributed by atoms with Gasteiger partial charge in [-0.1, -0.05) is 96.1 Å². The Kier molecular flexibility index (Phi) is 4.58. The molecule has 4 rings (SSSR count). The first-order valence-corrected chi connectivity index (χ1v) is 9.28. The standard InChI is InChI=1S/C26H24/c1-19-3-7-21(8-4-19)15-23-11-13-26-18-24(12-14-25(26)17-23)16-22-9-5-20(2)6-10-22/h3-14,17-18H,15-16H2,1-2H3. The second-order valence-electron chi connectivity index (χ2n) is 7.34. The maximum absolute atomic E-state index is 2.32. The molecular formula is C26H24. The van der Waals surface area contributed by atoms with Crippen LogP contribution in [0.25, 0.3) is 10.8 Å². The van der Waals surface area contributed by atoms with Crippen LogP contribution < -0.4 is 0 Å². The molecule has 0 radical (unpaired) electrons. The molecule has 0 bridgehead atoms. The third kappa shape index (κ3) is 3.86. The van der Waals surface area contributed by atoms with Gasteiger partial charge in [0.05, 0.1) is 0 Å². The van der Waals surface area contributed by atoms with E-state index in [9.17, 15) is 0 Å². The van der Waals surface area contributed by atoms with Crippen molar-refractivity contribution in [2.75, 3.05) is 0 Å². The Balaban J connectivity index is 1.55. The summed E-state index contributed by atoms with van der Waals surface area (Å²) in [7, 11) is 0. The maximum atomic E-state index is 2.32. The smallest absolute Gasteiger partial charge is 0.00255 e. The van der Waals surface area contributed by atoms with Crippen LogP contribution in [-0.2, 0) is 12.8 Å². The van der Waals surface area contributed by atoms with Crippen molar-refractivity contribution in [3.05, 3.63) is 118 Å². The lowest BCUT2D eigenvalue weighted by Crippen LogP contribution is -1.91. The Morgan fingerprint density at radius 3 is 1.15 bits per heavy atom. The molecule has 0 spiro atoms. The molecule has 128 valence electrons. The van der Waals surface area contributed by atoms with Crippen molar-refractivity contribution in [3.8, 4) is 0 Å². The first kappa shape index (κ1) is 16.6. The van der Waals surface area contributed by atoms with E-state index in [1.807, 2.05) is 0 Å². The zero-order valence-electron chi connectivity index (χ0n) is 15.5. The summed E-state index contributed by atoms with van der Waals surface area (Å²) in [5, 5.41) is 2.64. The molecule has 0 N–H and O–H groups in total. The Hall–Kier alpha value is -2.86. The minimum absolute atomic E-state index is 0.987. The highest BCUT2D eigenvalue weighted by Gasteiger charge is 2.02. The normalized spacial score (nSPS) is 11.0. The highest BCUT2D eigenvalue weighted by atomic mass is 14.1. The summed E-state index contributed by atoms with van der Waals surface area (Å²) in [6.45, 7) is 4.27. The summed E-state index contributed by atoms with van der Waals surface area (Å²) in [5.41, 5.74) is 8.10. The number of fused-ring (bicyclic) bond motifs is 1. The van der Waals surface area contributed by atoms with E-state index in [0.717, 1.165) is 12.8 Å². The number of hydrogen-bond acceptors (Lipinski definition) is 0. The molecule has 0 saturated carbocycles. The number of benzene rings is 4. The molecule has 0 atom stereocenters. The van der Waals surface area contributed by atoms with Crippen LogP contribution in [0.4, 0.5) is 0 Å². The molecule has 26 heavy (non-hydrogen) atoms. The van der Waals surface area contributed by atoms with Crippen molar-refractivity contribution >= 4 is 10.8 Å². The molecule has 0 fully saturated rings. The first-order valence-electron chi connectivity index (χ1n) is 9.28. The third-order valence-electron chi connectivity index (χ3n) is 5.03. The number of rotatable bonds is 4. The average molecular weight is 336 g/mol. The van der Waals surface area contributed by atoms with Crippen LogP contribution >= 0.6 is 0 Å². The van der Waals surface area contributed by atoms with E-state index in [2.05, 4.69) is 98.8 Å². The van der Waals surface area contributed by atoms with Crippen LogP contribution in [0.5, 0.6) is 0 Å². The van der Waals surface area contributed by atoms with Crippen molar-refractivity contribution in [1.29, 1.82) is 0 Å². The Labute approximate surface area is 156 Å². The van der Waals surface area contributed by atoms with Gasteiger partial charge in [-0.15, -0.1) is 0 Å². The summed E-state index contributed by atoms with van der Waals surface area (Å²) in [6.07, 6.45) is 1.97. The maximum Gasteiger partial charge on any atom is -0.00255 e. The molecule has 0 heteroatoms. The minimum Gasteiger partial charge on any atom is -0.0590 e. The van der Waals surface area contributed by atoms with Crippen LogP contribution in [0.3, 0.4) is 0 Å². The fourth-order valence-electron chi connectivity index (χ4n) is 3.45. The molecule has 0 saturated heterocycles. The Morgan fingerprint density at radius 2 is 0.769 bits per heavy atom. The van der Waals surface area contributed by atoms with E-state index in [0.29, 0.717) is 0 Å². The SMILES string of the molecule is Cc1ccc(Cc2ccc3cc(Cc4ccc(C)cc4)ccc3c2)cc1. The van der Waals surface area contributed by atoms with Gasteiger partial charge in [0.2, 0.25) is 0 Å². The Morgan fingerprint density at radius 1 is 0.423 bits per heavy atom.